The molecule has 0 spiro atoms. The Bertz CT molecular complexity index is 134. The van der Waals surface area contributed by atoms with Crippen LogP contribution in [0, 0.1) is 0 Å². The molecule has 6 heteroatoms. The van der Waals surface area contributed by atoms with Gasteiger partial charge >= 0.3 is 6.09 Å². The van der Waals surface area contributed by atoms with Gasteiger partial charge in [-0.25, -0.2) is 4.79 Å². The van der Waals surface area contributed by atoms with Crippen molar-refractivity contribution in [3.05, 3.63) is 0 Å². The number of carboxylic acid groups (broad SMARTS) is 1. The lowest BCUT2D eigenvalue weighted by Gasteiger charge is -2.04. The summed E-state index contributed by atoms with van der Waals surface area (Å²) in [5.74, 6) is 0. The van der Waals surface area contributed by atoms with Crippen LogP contribution in [0.25, 0.3) is 0 Å². The minimum atomic E-state index is -1.03. The number of rotatable bonds is 8. The SMILES string of the molecule is O=C(O)NCCOCCOCCBr. The predicted octanol–water partition coefficient (Wildman–Crippen LogP) is 0.682. The van der Waals surface area contributed by atoms with Gasteiger partial charge in [0.25, 0.3) is 0 Å². The number of hydrogen-bond donors (Lipinski definition) is 2. The lowest BCUT2D eigenvalue weighted by Crippen LogP contribution is -2.25. The molecule has 0 heterocycles. The summed E-state index contributed by atoms with van der Waals surface area (Å²) in [6.45, 7) is 2.39. The number of amides is 1. The van der Waals surface area contributed by atoms with E-state index in [4.69, 9.17) is 14.6 Å². The second-order valence-corrected chi connectivity index (χ2v) is 2.94. The molecular weight excluding hydrogens is 242 g/mol. The van der Waals surface area contributed by atoms with E-state index in [1.807, 2.05) is 0 Å². The number of ether oxygens (including phenoxy) is 2. The minimum Gasteiger partial charge on any atom is -0.465 e. The molecule has 0 saturated heterocycles. The van der Waals surface area contributed by atoms with Crippen LogP contribution in [0.1, 0.15) is 0 Å². The van der Waals surface area contributed by atoms with Crippen LogP contribution >= 0.6 is 15.9 Å². The second kappa shape index (κ2) is 9.76. The van der Waals surface area contributed by atoms with Gasteiger partial charge in [-0.2, -0.15) is 0 Å². The van der Waals surface area contributed by atoms with E-state index in [2.05, 4.69) is 21.2 Å². The molecule has 0 aliphatic carbocycles. The fraction of sp³-hybridized carbons (Fsp3) is 0.857. The second-order valence-electron chi connectivity index (χ2n) is 2.15. The molecule has 0 aliphatic heterocycles. The van der Waals surface area contributed by atoms with Gasteiger partial charge < -0.3 is 19.9 Å². The zero-order valence-corrected chi connectivity index (χ0v) is 8.88. The van der Waals surface area contributed by atoms with Gasteiger partial charge in [-0.3, -0.25) is 0 Å². The summed E-state index contributed by atoms with van der Waals surface area (Å²) in [6.07, 6.45) is -1.03. The molecule has 78 valence electrons. The zero-order chi connectivity index (χ0) is 9.94. The van der Waals surface area contributed by atoms with Gasteiger partial charge in [0.2, 0.25) is 0 Å². The molecule has 2 N–H and O–H groups in total. The van der Waals surface area contributed by atoms with E-state index in [-0.39, 0.29) is 0 Å². The average Bonchev–Trinajstić information content (AvgIpc) is 2.09. The number of alkyl halides is 1. The van der Waals surface area contributed by atoms with Crippen molar-refractivity contribution in [1.29, 1.82) is 0 Å². The summed E-state index contributed by atoms with van der Waals surface area (Å²) in [4.78, 5) is 9.98. The first-order valence-corrected chi connectivity index (χ1v) is 5.07. The Hall–Kier alpha value is -0.330. The third kappa shape index (κ3) is 11.7. The average molecular weight is 256 g/mol. The quantitative estimate of drug-likeness (QED) is 0.495. The smallest absolute Gasteiger partial charge is 0.404 e. The molecule has 0 bridgehead atoms. The lowest BCUT2D eigenvalue weighted by molar-refractivity contribution is 0.0552. The number of hydrogen-bond acceptors (Lipinski definition) is 3. The molecule has 0 rings (SSSR count). The van der Waals surface area contributed by atoms with E-state index < -0.39 is 6.09 Å². The minimum absolute atomic E-state index is 0.313. The Kier molecular flexibility index (Phi) is 9.51. The molecule has 0 atom stereocenters. The zero-order valence-electron chi connectivity index (χ0n) is 7.29. The first-order chi connectivity index (χ1) is 6.27. The number of carbonyl (C=O) groups is 1. The summed E-state index contributed by atoms with van der Waals surface area (Å²) in [5.41, 5.74) is 0. The monoisotopic (exact) mass is 255 g/mol. The maximum atomic E-state index is 9.98. The standard InChI is InChI=1S/C7H14BrNO4/c8-1-3-12-5-6-13-4-2-9-7(10)11/h9H,1-6H2,(H,10,11). The highest BCUT2D eigenvalue weighted by molar-refractivity contribution is 9.09. The van der Waals surface area contributed by atoms with E-state index in [0.29, 0.717) is 33.0 Å². The van der Waals surface area contributed by atoms with Crippen LogP contribution in [-0.2, 0) is 9.47 Å². The van der Waals surface area contributed by atoms with Gasteiger partial charge in [0.05, 0.1) is 26.4 Å². The number of halogens is 1. The Morgan fingerprint density at radius 3 is 2.38 bits per heavy atom. The van der Waals surface area contributed by atoms with E-state index in [0.717, 1.165) is 5.33 Å². The summed E-state index contributed by atoms with van der Waals surface area (Å²) in [7, 11) is 0. The van der Waals surface area contributed by atoms with Crippen molar-refractivity contribution in [2.45, 2.75) is 0 Å². The summed E-state index contributed by atoms with van der Waals surface area (Å²) < 4.78 is 10.2. The molecule has 0 saturated carbocycles. The molecule has 13 heavy (non-hydrogen) atoms. The Balaban J connectivity index is 2.87. The molecule has 0 aromatic heterocycles. The van der Waals surface area contributed by atoms with E-state index in [1.54, 1.807) is 0 Å². The molecular formula is C7H14BrNO4. The first-order valence-electron chi connectivity index (χ1n) is 3.95. The summed E-state index contributed by atoms with van der Waals surface area (Å²) >= 11 is 3.22. The Labute approximate surface area is 85.5 Å². The van der Waals surface area contributed by atoms with Crippen LogP contribution < -0.4 is 5.32 Å². The van der Waals surface area contributed by atoms with Crippen LogP contribution in [0.4, 0.5) is 4.79 Å². The molecule has 5 nitrogen and oxygen atoms in total. The lowest BCUT2D eigenvalue weighted by atomic mass is 10.6. The molecule has 0 aliphatic rings. The van der Waals surface area contributed by atoms with Crippen molar-refractivity contribution in [2.75, 3.05) is 38.3 Å². The molecule has 1 amide bonds. The van der Waals surface area contributed by atoms with Crippen molar-refractivity contribution in [3.63, 3.8) is 0 Å². The Morgan fingerprint density at radius 2 is 1.85 bits per heavy atom. The van der Waals surface area contributed by atoms with Crippen molar-refractivity contribution in [3.8, 4) is 0 Å². The normalized spacial score (nSPS) is 9.92. The molecule has 0 aromatic rings. The van der Waals surface area contributed by atoms with Gasteiger partial charge in [-0.15, -0.1) is 0 Å². The van der Waals surface area contributed by atoms with Crippen LogP contribution in [0.2, 0.25) is 0 Å². The Morgan fingerprint density at radius 1 is 1.23 bits per heavy atom. The molecule has 0 radical (unpaired) electrons. The highest BCUT2D eigenvalue weighted by Gasteiger charge is 1.92. The molecule has 0 aromatic carbocycles. The fourth-order valence-electron chi connectivity index (χ4n) is 0.607. The highest BCUT2D eigenvalue weighted by atomic mass is 79.9. The van der Waals surface area contributed by atoms with Crippen LogP contribution in [0.3, 0.4) is 0 Å². The van der Waals surface area contributed by atoms with Crippen molar-refractivity contribution >= 4 is 22.0 Å². The van der Waals surface area contributed by atoms with Crippen molar-refractivity contribution in [2.24, 2.45) is 0 Å². The summed E-state index contributed by atoms with van der Waals surface area (Å²) in [5, 5.41) is 11.2. The van der Waals surface area contributed by atoms with Gasteiger partial charge in [-0.05, 0) is 0 Å². The topological polar surface area (TPSA) is 67.8 Å². The van der Waals surface area contributed by atoms with Crippen LogP contribution in [-0.4, -0.2) is 49.5 Å². The number of nitrogens with one attached hydrogen (secondary N) is 1. The first kappa shape index (κ1) is 12.7. The third-order valence-corrected chi connectivity index (χ3v) is 1.44. The molecule has 0 unspecified atom stereocenters. The van der Waals surface area contributed by atoms with Gasteiger partial charge in [0, 0.05) is 11.9 Å². The van der Waals surface area contributed by atoms with E-state index in [1.165, 1.54) is 0 Å². The summed E-state index contributed by atoms with van der Waals surface area (Å²) in [6, 6.07) is 0. The van der Waals surface area contributed by atoms with Crippen molar-refractivity contribution in [1.82, 2.24) is 5.32 Å². The maximum absolute atomic E-state index is 9.98. The van der Waals surface area contributed by atoms with Crippen LogP contribution in [0.15, 0.2) is 0 Å². The van der Waals surface area contributed by atoms with Gasteiger partial charge in [-0.1, -0.05) is 15.9 Å². The maximum Gasteiger partial charge on any atom is 0.404 e. The van der Waals surface area contributed by atoms with E-state index >= 15 is 0 Å². The van der Waals surface area contributed by atoms with Gasteiger partial charge in [0.15, 0.2) is 0 Å². The van der Waals surface area contributed by atoms with Gasteiger partial charge in [0.1, 0.15) is 0 Å². The predicted molar refractivity (Wildman–Crippen MR) is 51.5 cm³/mol. The van der Waals surface area contributed by atoms with Crippen molar-refractivity contribution < 1.29 is 19.4 Å². The third-order valence-electron chi connectivity index (χ3n) is 1.12. The largest absolute Gasteiger partial charge is 0.465 e. The van der Waals surface area contributed by atoms with Crippen LogP contribution in [0.5, 0.6) is 0 Å². The fourth-order valence-corrected chi connectivity index (χ4v) is 0.836. The highest BCUT2D eigenvalue weighted by Crippen LogP contribution is 1.82. The molecule has 0 fully saturated rings. The van der Waals surface area contributed by atoms with E-state index in [9.17, 15) is 4.79 Å².